The lowest BCUT2D eigenvalue weighted by atomic mass is 10.2. The Morgan fingerprint density at radius 3 is 2.71 bits per heavy atom. The summed E-state index contributed by atoms with van der Waals surface area (Å²) < 4.78 is 29.8. The normalized spacial score (nSPS) is 15.9. The van der Waals surface area contributed by atoms with Crippen molar-refractivity contribution in [2.75, 3.05) is 5.75 Å². The van der Waals surface area contributed by atoms with E-state index in [4.69, 9.17) is 4.42 Å². The minimum Gasteiger partial charge on any atom is -0.440 e. The Hall–Kier alpha value is -2.15. The summed E-state index contributed by atoms with van der Waals surface area (Å²) in [5.74, 6) is -0.316. The van der Waals surface area contributed by atoms with Crippen LogP contribution in [0.25, 0.3) is 11.3 Å². The van der Waals surface area contributed by atoms with E-state index in [0.717, 1.165) is 18.4 Å². The maximum Gasteiger partial charge on any atom is 0.235 e. The smallest absolute Gasteiger partial charge is 0.235 e. The van der Waals surface area contributed by atoms with Crippen LogP contribution in [-0.4, -0.2) is 31.1 Å². The number of oxazole rings is 1. The summed E-state index contributed by atoms with van der Waals surface area (Å²) in [6, 6.07) is 9.34. The first-order chi connectivity index (χ1) is 11.4. The van der Waals surface area contributed by atoms with Crippen LogP contribution in [0.2, 0.25) is 0 Å². The summed E-state index contributed by atoms with van der Waals surface area (Å²) in [6.07, 6.45) is 3.68. The largest absolute Gasteiger partial charge is 0.440 e. The molecule has 0 bridgehead atoms. The van der Waals surface area contributed by atoms with E-state index in [1.54, 1.807) is 0 Å². The second-order valence-electron chi connectivity index (χ2n) is 6.21. The number of nitrogens with zero attached hydrogens (tertiary/aromatic N) is 1. The molecule has 1 aliphatic rings. The predicted octanol–water partition coefficient (Wildman–Crippen LogP) is 2.17. The maximum atomic E-state index is 12.2. The Morgan fingerprint density at radius 1 is 1.33 bits per heavy atom. The highest BCUT2D eigenvalue weighted by atomic mass is 32.2. The highest BCUT2D eigenvalue weighted by Crippen LogP contribution is 2.32. The first kappa shape index (κ1) is 16.7. The Kier molecular flexibility index (Phi) is 4.71. The molecule has 1 atom stereocenters. The quantitative estimate of drug-likeness (QED) is 0.828. The summed E-state index contributed by atoms with van der Waals surface area (Å²) in [7, 11) is -3.62. The van der Waals surface area contributed by atoms with E-state index < -0.39 is 21.5 Å². The average Bonchev–Trinajstić information content (AvgIpc) is 3.28. The third-order valence-electron chi connectivity index (χ3n) is 4.02. The van der Waals surface area contributed by atoms with Crippen molar-refractivity contribution < 1.29 is 17.6 Å². The molecule has 2 aromatic rings. The molecule has 1 saturated carbocycles. The summed E-state index contributed by atoms with van der Waals surface area (Å²) in [5.41, 5.74) is 0.824. The van der Waals surface area contributed by atoms with Crippen LogP contribution in [0.5, 0.6) is 0 Å². The van der Waals surface area contributed by atoms with Gasteiger partial charge in [-0.2, -0.15) is 0 Å². The number of amides is 1. The van der Waals surface area contributed by atoms with Crippen LogP contribution >= 0.6 is 0 Å². The summed E-state index contributed by atoms with van der Waals surface area (Å²) in [5, 5.41) is 2.75. The van der Waals surface area contributed by atoms with E-state index >= 15 is 0 Å². The van der Waals surface area contributed by atoms with Crippen LogP contribution in [0, 0.1) is 5.92 Å². The Labute approximate surface area is 141 Å². The highest BCUT2D eigenvalue weighted by molar-refractivity contribution is 7.91. The standard InChI is InChI=1S/C17H20N2O4S/c1-12(13-7-8-13)19-16(20)10-24(21,22)11-17-18-9-15(23-17)14-5-3-2-4-6-14/h2-6,9,12-13H,7-8,10-11H2,1H3,(H,19,20)/t12-/m1/s1. The topological polar surface area (TPSA) is 89.3 Å². The second kappa shape index (κ2) is 6.76. The van der Waals surface area contributed by atoms with Gasteiger partial charge in [0.15, 0.2) is 15.6 Å². The lowest BCUT2D eigenvalue weighted by Gasteiger charge is -2.12. The van der Waals surface area contributed by atoms with Gasteiger partial charge in [0.2, 0.25) is 11.8 Å². The SMILES string of the molecule is C[C@@H](NC(=O)CS(=O)(=O)Cc1ncc(-c2ccccc2)o1)C1CC1. The zero-order valence-corrected chi connectivity index (χ0v) is 14.3. The molecule has 1 aliphatic carbocycles. The third-order valence-corrected chi connectivity index (χ3v) is 5.41. The van der Waals surface area contributed by atoms with Crippen LogP contribution in [-0.2, 0) is 20.4 Å². The molecular weight excluding hydrogens is 328 g/mol. The molecule has 1 N–H and O–H groups in total. The summed E-state index contributed by atoms with van der Waals surface area (Å²) in [4.78, 5) is 15.9. The van der Waals surface area contributed by atoms with Crippen molar-refractivity contribution in [2.45, 2.75) is 31.6 Å². The molecule has 0 radical (unpaired) electrons. The lowest BCUT2D eigenvalue weighted by Crippen LogP contribution is -2.38. The van der Waals surface area contributed by atoms with Crippen molar-refractivity contribution in [3.05, 3.63) is 42.4 Å². The molecule has 1 fully saturated rings. The first-order valence-electron chi connectivity index (χ1n) is 7.93. The van der Waals surface area contributed by atoms with E-state index in [9.17, 15) is 13.2 Å². The number of hydrogen-bond acceptors (Lipinski definition) is 5. The van der Waals surface area contributed by atoms with Gasteiger partial charge in [-0.05, 0) is 25.7 Å². The van der Waals surface area contributed by atoms with Crippen molar-refractivity contribution in [2.24, 2.45) is 5.92 Å². The van der Waals surface area contributed by atoms with Crippen LogP contribution in [0.3, 0.4) is 0 Å². The van der Waals surface area contributed by atoms with Crippen molar-refractivity contribution >= 4 is 15.7 Å². The number of aromatic nitrogens is 1. The third kappa shape index (κ3) is 4.44. The molecule has 1 heterocycles. The van der Waals surface area contributed by atoms with Crippen molar-refractivity contribution in [3.8, 4) is 11.3 Å². The van der Waals surface area contributed by atoms with E-state index in [2.05, 4.69) is 10.3 Å². The first-order valence-corrected chi connectivity index (χ1v) is 9.75. The number of carbonyl (C=O) groups is 1. The number of sulfone groups is 1. The molecule has 7 heteroatoms. The fourth-order valence-electron chi connectivity index (χ4n) is 2.56. The van der Waals surface area contributed by atoms with Crippen molar-refractivity contribution in [1.82, 2.24) is 10.3 Å². The van der Waals surface area contributed by atoms with Crippen LogP contribution < -0.4 is 5.32 Å². The van der Waals surface area contributed by atoms with Gasteiger partial charge in [0.05, 0.1) is 6.20 Å². The fourth-order valence-corrected chi connectivity index (χ4v) is 3.66. The van der Waals surface area contributed by atoms with E-state index in [0.29, 0.717) is 11.7 Å². The van der Waals surface area contributed by atoms with Gasteiger partial charge >= 0.3 is 0 Å². The number of benzene rings is 1. The molecule has 24 heavy (non-hydrogen) atoms. The molecule has 0 saturated heterocycles. The van der Waals surface area contributed by atoms with Crippen LogP contribution in [0.15, 0.2) is 40.9 Å². The Bertz CT molecular complexity index is 810. The number of carbonyl (C=O) groups excluding carboxylic acids is 1. The van der Waals surface area contributed by atoms with Gasteiger partial charge in [0.1, 0.15) is 11.5 Å². The number of hydrogen-bond donors (Lipinski definition) is 1. The zero-order valence-electron chi connectivity index (χ0n) is 13.4. The molecule has 1 aromatic heterocycles. The minimum atomic E-state index is -3.62. The van der Waals surface area contributed by atoms with E-state index in [-0.39, 0.29) is 17.7 Å². The Balaban J connectivity index is 1.60. The van der Waals surface area contributed by atoms with E-state index in [1.165, 1.54) is 6.20 Å². The molecule has 128 valence electrons. The number of rotatable bonds is 7. The molecule has 0 unspecified atom stereocenters. The second-order valence-corrected chi connectivity index (χ2v) is 8.27. The van der Waals surface area contributed by atoms with Crippen molar-refractivity contribution in [1.29, 1.82) is 0 Å². The fraction of sp³-hybridized carbons (Fsp3) is 0.412. The van der Waals surface area contributed by atoms with Gasteiger partial charge in [0, 0.05) is 11.6 Å². The summed E-state index contributed by atoms with van der Waals surface area (Å²) in [6.45, 7) is 1.91. The van der Waals surface area contributed by atoms with Gasteiger partial charge < -0.3 is 9.73 Å². The van der Waals surface area contributed by atoms with E-state index in [1.807, 2.05) is 37.3 Å². The molecule has 0 spiro atoms. The van der Waals surface area contributed by atoms with Crippen LogP contribution in [0.1, 0.15) is 25.7 Å². The van der Waals surface area contributed by atoms with Crippen molar-refractivity contribution in [3.63, 3.8) is 0 Å². The molecule has 6 nitrogen and oxygen atoms in total. The van der Waals surface area contributed by atoms with Gasteiger partial charge in [-0.15, -0.1) is 0 Å². The predicted molar refractivity (Wildman–Crippen MR) is 89.8 cm³/mol. The molecule has 1 aromatic carbocycles. The minimum absolute atomic E-state index is 0.0270. The van der Waals surface area contributed by atoms with Gasteiger partial charge in [-0.1, -0.05) is 30.3 Å². The molecule has 3 rings (SSSR count). The lowest BCUT2D eigenvalue weighted by molar-refractivity contribution is -0.119. The number of nitrogens with one attached hydrogen (secondary N) is 1. The maximum absolute atomic E-state index is 12.2. The van der Waals surface area contributed by atoms with Gasteiger partial charge in [-0.3, -0.25) is 4.79 Å². The van der Waals surface area contributed by atoms with Gasteiger partial charge in [0.25, 0.3) is 0 Å². The highest BCUT2D eigenvalue weighted by Gasteiger charge is 2.30. The van der Waals surface area contributed by atoms with Crippen LogP contribution in [0.4, 0.5) is 0 Å². The molecular formula is C17H20N2O4S. The molecule has 1 amide bonds. The molecule has 0 aliphatic heterocycles. The summed E-state index contributed by atoms with van der Waals surface area (Å²) >= 11 is 0. The zero-order chi connectivity index (χ0) is 17.2. The monoisotopic (exact) mass is 348 g/mol. The average molecular weight is 348 g/mol. The van der Waals surface area contributed by atoms with Gasteiger partial charge in [-0.25, -0.2) is 13.4 Å². The Morgan fingerprint density at radius 2 is 2.04 bits per heavy atom.